The van der Waals surface area contributed by atoms with E-state index in [2.05, 4.69) is 66.1 Å². The van der Waals surface area contributed by atoms with Crippen LogP contribution in [0.15, 0.2) is 24.3 Å². The lowest BCUT2D eigenvalue weighted by molar-refractivity contribution is 0.180. The van der Waals surface area contributed by atoms with Crippen molar-refractivity contribution in [1.82, 2.24) is 5.32 Å². The van der Waals surface area contributed by atoms with E-state index in [1.807, 2.05) is 0 Å². The van der Waals surface area contributed by atoms with Gasteiger partial charge in [0.25, 0.3) is 0 Å². The molecule has 0 heterocycles. The largest absolute Gasteiger partial charge is 0.313 e. The van der Waals surface area contributed by atoms with Crippen molar-refractivity contribution in [3.05, 3.63) is 33.4 Å². The molecule has 2 heteroatoms. The normalized spacial score (nSPS) is 25.9. The van der Waals surface area contributed by atoms with Gasteiger partial charge >= 0.3 is 0 Å². The summed E-state index contributed by atoms with van der Waals surface area (Å²) < 4.78 is 1.40. The number of benzene rings is 1. The van der Waals surface area contributed by atoms with E-state index in [0.29, 0.717) is 6.04 Å². The van der Waals surface area contributed by atoms with E-state index in [1.54, 1.807) is 0 Å². The van der Waals surface area contributed by atoms with Crippen molar-refractivity contribution in [3.8, 4) is 0 Å². The van der Waals surface area contributed by atoms with Gasteiger partial charge in [0.15, 0.2) is 0 Å². The Bertz CT molecular complexity index is 377. The fourth-order valence-corrected chi connectivity index (χ4v) is 4.23. The number of nitrogens with one attached hydrogen (secondary N) is 1. The molecule has 0 spiro atoms. The lowest BCUT2D eigenvalue weighted by Gasteiger charge is -2.37. The maximum absolute atomic E-state index is 3.59. The van der Waals surface area contributed by atoms with Gasteiger partial charge in [-0.1, -0.05) is 50.8 Å². The summed E-state index contributed by atoms with van der Waals surface area (Å²) in [7, 11) is 2.12. The summed E-state index contributed by atoms with van der Waals surface area (Å²) in [6, 6.07) is 9.36. The van der Waals surface area contributed by atoms with E-state index in [0.717, 1.165) is 11.8 Å². The molecule has 18 heavy (non-hydrogen) atoms. The predicted molar refractivity (Wildman–Crippen MR) is 86.7 cm³/mol. The van der Waals surface area contributed by atoms with Crippen LogP contribution in [0.4, 0.5) is 0 Å². The van der Waals surface area contributed by atoms with E-state index in [4.69, 9.17) is 0 Å². The maximum Gasteiger partial charge on any atom is 0.0359 e. The van der Waals surface area contributed by atoms with Crippen LogP contribution in [0, 0.1) is 15.4 Å². The Labute approximate surface area is 125 Å². The third-order valence-corrected chi connectivity index (χ3v) is 5.45. The van der Waals surface area contributed by atoms with E-state index in [-0.39, 0.29) is 0 Å². The zero-order valence-corrected chi connectivity index (χ0v) is 13.6. The van der Waals surface area contributed by atoms with Crippen LogP contribution >= 0.6 is 22.6 Å². The summed E-state index contributed by atoms with van der Waals surface area (Å²) in [5.41, 5.74) is 1.49. The molecule has 3 atom stereocenters. The van der Waals surface area contributed by atoms with Gasteiger partial charge in [-0.15, -0.1) is 0 Å². The second kappa shape index (κ2) is 6.90. The maximum atomic E-state index is 3.59. The zero-order chi connectivity index (χ0) is 13.0. The highest BCUT2D eigenvalue weighted by molar-refractivity contribution is 14.1. The third kappa shape index (κ3) is 3.08. The Morgan fingerprint density at radius 1 is 1.28 bits per heavy atom. The van der Waals surface area contributed by atoms with Crippen LogP contribution in [0.5, 0.6) is 0 Å². The molecular weight excluding hydrogens is 333 g/mol. The highest BCUT2D eigenvalue weighted by Gasteiger charge is 2.31. The van der Waals surface area contributed by atoms with Crippen LogP contribution in [-0.4, -0.2) is 7.05 Å². The van der Waals surface area contributed by atoms with Crippen LogP contribution < -0.4 is 5.32 Å². The van der Waals surface area contributed by atoms with Crippen molar-refractivity contribution in [3.63, 3.8) is 0 Å². The van der Waals surface area contributed by atoms with Crippen molar-refractivity contribution in [1.29, 1.82) is 0 Å². The van der Waals surface area contributed by atoms with Crippen molar-refractivity contribution in [2.45, 2.75) is 45.1 Å². The molecule has 1 N–H and O–H groups in total. The summed E-state index contributed by atoms with van der Waals surface area (Å²) in [5.74, 6) is 1.71. The molecule has 1 aromatic carbocycles. The molecule has 0 aliphatic heterocycles. The quantitative estimate of drug-likeness (QED) is 0.766. The number of hydrogen-bond donors (Lipinski definition) is 1. The van der Waals surface area contributed by atoms with Gasteiger partial charge in [-0.3, -0.25) is 0 Å². The van der Waals surface area contributed by atoms with Gasteiger partial charge in [-0.25, -0.2) is 0 Å². The van der Waals surface area contributed by atoms with Gasteiger partial charge in [0, 0.05) is 9.61 Å². The minimum Gasteiger partial charge on any atom is -0.313 e. The second-order valence-electron chi connectivity index (χ2n) is 5.40. The van der Waals surface area contributed by atoms with Crippen molar-refractivity contribution in [2.24, 2.45) is 11.8 Å². The Hall–Kier alpha value is -0.0900. The first-order valence-corrected chi connectivity index (χ1v) is 8.27. The monoisotopic (exact) mass is 357 g/mol. The SMILES string of the molecule is CCC1CCCCC1C(NC)c1ccccc1I. The molecule has 1 nitrogen and oxygen atoms in total. The molecule has 1 aromatic rings. The molecule has 0 amide bonds. The number of halogens is 1. The average molecular weight is 357 g/mol. The topological polar surface area (TPSA) is 12.0 Å². The molecule has 0 saturated heterocycles. The van der Waals surface area contributed by atoms with Gasteiger partial charge in [0.05, 0.1) is 0 Å². The Morgan fingerprint density at radius 3 is 2.67 bits per heavy atom. The molecule has 1 aliphatic rings. The molecule has 100 valence electrons. The summed E-state index contributed by atoms with van der Waals surface area (Å²) in [4.78, 5) is 0. The molecule has 1 saturated carbocycles. The highest BCUT2D eigenvalue weighted by Crippen LogP contribution is 2.41. The molecule has 1 fully saturated rings. The highest BCUT2D eigenvalue weighted by atomic mass is 127. The van der Waals surface area contributed by atoms with Gasteiger partial charge in [-0.2, -0.15) is 0 Å². The Morgan fingerprint density at radius 2 is 2.00 bits per heavy atom. The van der Waals surface area contributed by atoms with E-state index < -0.39 is 0 Å². The second-order valence-corrected chi connectivity index (χ2v) is 6.57. The Kier molecular flexibility index (Phi) is 5.49. The standard InChI is InChI=1S/C16H24IN/c1-3-12-8-4-5-9-13(12)16(18-2)14-10-6-7-11-15(14)17/h6-7,10-13,16,18H,3-5,8-9H2,1-2H3. The van der Waals surface area contributed by atoms with Gasteiger partial charge in [-0.05, 0) is 59.5 Å². The van der Waals surface area contributed by atoms with Crippen molar-refractivity contribution >= 4 is 22.6 Å². The molecule has 0 radical (unpaired) electrons. The van der Waals surface area contributed by atoms with Gasteiger partial charge < -0.3 is 5.32 Å². The smallest absolute Gasteiger partial charge is 0.0359 e. The first-order chi connectivity index (χ1) is 8.77. The van der Waals surface area contributed by atoms with Gasteiger partial charge in [0.2, 0.25) is 0 Å². The van der Waals surface area contributed by atoms with Crippen LogP contribution in [0.1, 0.15) is 50.6 Å². The minimum absolute atomic E-state index is 0.531. The van der Waals surface area contributed by atoms with Crippen molar-refractivity contribution in [2.75, 3.05) is 7.05 Å². The first kappa shape index (κ1) is 14.3. The summed E-state index contributed by atoms with van der Waals surface area (Å²) in [5, 5.41) is 3.59. The summed E-state index contributed by atoms with van der Waals surface area (Å²) in [6.07, 6.45) is 6.96. The average Bonchev–Trinajstić information content (AvgIpc) is 2.42. The number of hydrogen-bond acceptors (Lipinski definition) is 1. The molecule has 1 aliphatic carbocycles. The fraction of sp³-hybridized carbons (Fsp3) is 0.625. The predicted octanol–water partition coefficient (Wildman–Crippen LogP) is 4.77. The van der Waals surface area contributed by atoms with E-state index in [9.17, 15) is 0 Å². The summed E-state index contributed by atoms with van der Waals surface area (Å²) >= 11 is 2.47. The van der Waals surface area contributed by atoms with Crippen LogP contribution in [0.2, 0.25) is 0 Å². The molecular formula is C16H24IN. The fourth-order valence-electron chi connectivity index (χ4n) is 3.51. The van der Waals surface area contributed by atoms with Gasteiger partial charge in [0.1, 0.15) is 0 Å². The van der Waals surface area contributed by atoms with Crippen LogP contribution in [0.3, 0.4) is 0 Å². The lowest BCUT2D eigenvalue weighted by Crippen LogP contribution is -2.33. The summed E-state index contributed by atoms with van der Waals surface area (Å²) in [6.45, 7) is 2.35. The van der Waals surface area contributed by atoms with E-state index in [1.165, 1.54) is 41.2 Å². The third-order valence-electron chi connectivity index (χ3n) is 4.47. The van der Waals surface area contributed by atoms with Crippen LogP contribution in [0.25, 0.3) is 0 Å². The molecule has 3 unspecified atom stereocenters. The first-order valence-electron chi connectivity index (χ1n) is 7.19. The van der Waals surface area contributed by atoms with Crippen LogP contribution in [-0.2, 0) is 0 Å². The van der Waals surface area contributed by atoms with Crippen molar-refractivity contribution < 1.29 is 0 Å². The zero-order valence-electron chi connectivity index (χ0n) is 11.5. The molecule has 0 aromatic heterocycles. The minimum atomic E-state index is 0.531. The Balaban J connectivity index is 2.24. The molecule has 0 bridgehead atoms. The number of rotatable bonds is 4. The lowest BCUT2D eigenvalue weighted by atomic mass is 9.72. The molecule has 2 rings (SSSR count). The van der Waals surface area contributed by atoms with E-state index >= 15 is 0 Å².